The van der Waals surface area contributed by atoms with Crippen LogP contribution in [0.1, 0.15) is 42.5 Å². The Kier molecular flexibility index (Phi) is 6.20. The molecule has 1 N–H and O–H groups in total. The number of halogens is 4. The minimum atomic E-state index is -2.68. The molecule has 0 radical (unpaired) electrons. The number of aromatic nitrogens is 1. The maximum absolute atomic E-state index is 13.7. The summed E-state index contributed by atoms with van der Waals surface area (Å²) >= 11 is 9.35. The van der Waals surface area contributed by atoms with Crippen LogP contribution < -0.4 is 15.6 Å². The Hall–Kier alpha value is -2.19. The molecule has 9 heteroatoms. The van der Waals surface area contributed by atoms with Crippen molar-refractivity contribution in [3.63, 3.8) is 0 Å². The quantitative estimate of drug-likeness (QED) is 0.387. The van der Waals surface area contributed by atoms with Crippen LogP contribution in [0.4, 0.5) is 20.4 Å². The first-order valence-electron chi connectivity index (χ1n) is 10.3. The maximum Gasteiger partial charge on any atom is 0.251 e. The van der Waals surface area contributed by atoms with Gasteiger partial charge >= 0.3 is 0 Å². The number of pyridine rings is 1. The molecule has 5 nitrogen and oxygen atoms in total. The molecule has 1 aliphatic rings. The number of fused-ring (bicyclic) bond motifs is 1. The highest BCUT2D eigenvalue weighted by Gasteiger charge is 2.35. The van der Waals surface area contributed by atoms with Gasteiger partial charge in [-0.25, -0.2) is 13.8 Å². The number of anilines is 2. The molecule has 32 heavy (non-hydrogen) atoms. The van der Waals surface area contributed by atoms with Gasteiger partial charge in [0.2, 0.25) is 5.88 Å². The van der Waals surface area contributed by atoms with Crippen LogP contribution in [0.2, 0.25) is 5.15 Å². The predicted molar refractivity (Wildman–Crippen MR) is 127 cm³/mol. The summed E-state index contributed by atoms with van der Waals surface area (Å²) in [7, 11) is 0. The van der Waals surface area contributed by atoms with Gasteiger partial charge in [-0.2, -0.15) is 0 Å². The molecule has 1 fully saturated rings. The molecular weight excluding hydrogens is 504 g/mol. The number of alkyl halides is 2. The fourth-order valence-electron chi connectivity index (χ4n) is 4.05. The Morgan fingerprint density at radius 2 is 1.94 bits per heavy atom. The van der Waals surface area contributed by atoms with Crippen molar-refractivity contribution in [1.82, 2.24) is 4.98 Å². The van der Waals surface area contributed by atoms with Crippen LogP contribution in [0.25, 0.3) is 11.0 Å². The van der Waals surface area contributed by atoms with Crippen molar-refractivity contribution in [2.75, 3.05) is 23.3 Å². The lowest BCUT2D eigenvalue weighted by molar-refractivity contribution is -0.0225. The van der Waals surface area contributed by atoms with E-state index in [0.717, 1.165) is 16.8 Å². The van der Waals surface area contributed by atoms with Gasteiger partial charge < -0.3 is 14.6 Å². The number of nitrogens with zero attached hydrogens (tertiary/aromatic N) is 2. The number of hydrogen-bond donors (Lipinski definition) is 1. The second-order valence-corrected chi connectivity index (χ2v) is 9.41. The Morgan fingerprint density at radius 3 is 2.59 bits per heavy atom. The monoisotopic (exact) mass is 525 g/mol. The van der Waals surface area contributed by atoms with Gasteiger partial charge in [-0.15, -0.1) is 0 Å². The van der Waals surface area contributed by atoms with Crippen molar-refractivity contribution in [3.8, 4) is 0 Å². The molecule has 3 aromatic rings. The van der Waals surface area contributed by atoms with Gasteiger partial charge in [0.15, 0.2) is 5.43 Å². The molecule has 0 amide bonds. The van der Waals surface area contributed by atoms with Crippen LogP contribution in [-0.4, -0.2) is 24.0 Å². The van der Waals surface area contributed by atoms with Gasteiger partial charge in [-0.1, -0.05) is 17.7 Å². The normalized spacial score (nSPS) is 16.9. The largest absolute Gasteiger partial charge is 0.440 e. The molecule has 0 aliphatic carbocycles. The molecule has 170 valence electrons. The van der Waals surface area contributed by atoms with E-state index < -0.39 is 5.92 Å². The van der Waals surface area contributed by atoms with Crippen LogP contribution in [0.5, 0.6) is 0 Å². The highest BCUT2D eigenvalue weighted by atomic mass is 79.9. The predicted octanol–water partition coefficient (Wildman–Crippen LogP) is 6.63. The van der Waals surface area contributed by atoms with Crippen LogP contribution in [0.3, 0.4) is 0 Å². The van der Waals surface area contributed by atoms with E-state index in [-0.39, 0.29) is 37.4 Å². The lowest BCUT2D eigenvalue weighted by Gasteiger charge is -2.33. The standard InChI is InChI=1S/C23H23BrClF2N3O2/c1-12-10-15(14(3)28-17-4-5-18(25)29-21(17)24)20-16(11-12)19(31)13(2)22(32-20)30-8-6-23(26,27)7-9-30/h4-5,10-11,14,28H,6-9H2,1-3H3. The molecule has 2 aromatic heterocycles. The summed E-state index contributed by atoms with van der Waals surface area (Å²) in [5.74, 6) is -2.31. The summed E-state index contributed by atoms with van der Waals surface area (Å²) in [5.41, 5.74) is 3.20. The average molecular weight is 527 g/mol. The summed E-state index contributed by atoms with van der Waals surface area (Å²) in [6, 6.07) is 7.03. The number of aryl methyl sites for hydroxylation is 1. The topological polar surface area (TPSA) is 58.4 Å². The lowest BCUT2D eigenvalue weighted by Crippen LogP contribution is -2.40. The third-order valence-corrected chi connectivity index (χ3v) is 6.62. The van der Waals surface area contributed by atoms with Crippen molar-refractivity contribution in [2.45, 2.75) is 45.6 Å². The molecule has 3 heterocycles. The minimum Gasteiger partial charge on any atom is -0.440 e. The van der Waals surface area contributed by atoms with Crippen molar-refractivity contribution < 1.29 is 13.2 Å². The molecule has 0 saturated carbocycles. The van der Waals surface area contributed by atoms with E-state index in [1.54, 1.807) is 24.0 Å². The molecule has 1 aliphatic heterocycles. The highest BCUT2D eigenvalue weighted by molar-refractivity contribution is 9.10. The molecule has 1 unspecified atom stereocenters. The van der Waals surface area contributed by atoms with E-state index in [0.29, 0.717) is 32.2 Å². The summed E-state index contributed by atoms with van der Waals surface area (Å²) < 4.78 is 34.2. The number of piperidine rings is 1. The van der Waals surface area contributed by atoms with E-state index in [9.17, 15) is 13.6 Å². The molecule has 1 saturated heterocycles. The Bertz CT molecular complexity index is 1240. The Morgan fingerprint density at radius 1 is 1.25 bits per heavy atom. The van der Waals surface area contributed by atoms with E-state index in [2.05, 4.69) is 26.2 Å². The van der Waals surface area contributed by atoms with Crippen molar-refractivity contribution >= 4 is 50.1 Å². The number of benzene rings is 1. The molecule has 1 atom stereocenters. The Labute approximate surface area is 197 Å². The molecule has 0 spiro atoms. The maximum atomic E-state index is 13.7. The molecule has 1 aromatic carbocycles. The first kappa shape index (κ1) is 23.0. The molecule has 4 rings (SSSR count). The van der Waals surface area contributed by atoms with Crippen LogP contribution in [-0.2, 0) is 0 Å². The van der Waals surface area contributed by atoms with E-state index >= 15 is 0 Å². The van der Waals surface area contributed by atoms with Gasteiger partial charge in [0, 0.05) is 31.5 Å². The van der Waals surface area contributed by atoms with Crippen LogP contribution in [0.15, 0.2) is 38.1 Å². The van der Waals surface area contributed by atoms with Gasteiger partial charge in [-0.3, -0.25) is 4.79 Å². The zero-order chi connectivity index (χ0) is 23.2. The van der Waals surface area contributed by atoms with Gasteiger partial charge in [0.25, 0.3) is 5.92 Å². The average Bonchev–Trinajstić information content (AvgIpc) is 2.73. The third-order valence-electron chi connectivity index (χ3n) is 5.80. The van der Waals surface area contributed by atoms with Crippen molar-refractivity contribution in [1.29, 1.82) is 0 Å². The zero-order valence-corrected chi connectivity index (χ0v) is 20.3. The second-order valence-electron chi connectivity index (χ2n) is 8.27. The second kappa shape index (κ2) is 8.63. The fourth-order valence-corrected chi connectivity index (χ4v) is 4.73. The first-order valence-corrected chi connectivity index (χ1v) is 11.5. The summed E-state index contributed by atoms with van der Waals surface area (Å²) in [6.45, 7) is 5.84. The van der Waals surface area contributed by atoms with E-state index in [1.165, 1.54) is 0 Å². The van der Waals surface area contributed by atoms with E-state index in [1.807, 2.05) is 26.0 Å². The molecule has 0 bridgehead atoms. The molecular formula is C23H23BrClF2N3O2. The number of rotatable bonds is 4. The first-order chi connectivity index (χ1) is 15.1. The third kappa shape index (κ3) is 4.48. The zero-order valence-electron chi connectivity index (χ0n) is 17.9. The van der Waals surface area contributed by atoms with Gasteiger partial charge in [0.1, 0.15) is 15.3 Å². The number of hydrogen-bond acceptors (Lipinski definition) is 5. The SMILES string of the molecule is Cc1cc(C(C)Nc2ccc(Cl)nc2Br)c2oc(N3CCC(F)(F)CC3)c(C)c(=O)c2c1. The van der Waals surface area contributed by atoms with Gasteiger partial charge in [-0.05, 0) is 60.5 Å². The summed E-state index contributed by atoms with van der Waals surface area (Å²) in [6.07, 6.45) is -0.519. The minimum absolute atomic E-state index is 0.140. The van der Waals surface area contributed by atoms with Crippen molar-refractivity contribution in [3.05, 3.63) is 60.9 Å². The highest BCUT2D eigenvalue weighted by Crippen LogP contribution is 2.35. The van der Waals surface area contributed by atoms with Gasteiger partial charge in [0.05, 0.1) is 22.7 Å². The van der Waals surface area contributed by atoms with E-state index in [4.69, 9.17) is 16.0 Å². The lowest BCUT2D eigenvalue weighted by atomic mass is 10.00. The van der Waals surface area contributed by atoms with Crippen LogP contribution in [0, 0.1) is 13.8 Å². The van der Waals surface area contributed by atoms with Crippen molar-refractivity contribution in [2.24, 2.45) is 0 Å². The summed E-state index contributed by atoms with van der Waals surface area (Å²) in [4.78, 5) is 19.1. The Balaban J connectivity index is 1.78. The number of nitrogens with one attached hydrogen (secondary N) is 1. The fraction of sp³-hybridized carbons (Fsp3) is 0.391. The smallest absolute Gasteiger partial charge is 0.251 e. The summed E-state index contributed by atoms with van der Waals surface area (Å²) in [5, 5.41) is 4.22. The van der Waals surface area contributed by atoms with Crippen LogP contribution >= 0.6 is 27.5 Å².